The van der Waals surface area contributed by atoms with Crippen molar-refractivity contribution in [3.8, 4) is 0 Å². The third-order valence-corrected chi connectivity index (χ3v) is 1.17. The molecule has 1 N–H and O–H groups in total. The molecule has 4 nitrogen and oxygen atoms in total. The average Bonchev–Trinajstić information content (AvgIpc) is 2.60. The van der Waals surface area contributed by atoms with Crippen molar-refractivity contribution in [2.24, 2.45) is 0 Å². The number of amides is 1. The van der Waals surface area contributed by atoms with E-state index in [1.165, 1.54) is 0 Å². The molecule has 0 atom stereocenters. The van der Waals surface area contributed by atoms with Gasteiger partial charge in [-0.05, 0) is 12.1 Å². The number of rotatable bonds is 0. The third-order valence-electron chi connectivity index (χ3n) is 1.17. The molecule has 0 aromatic carbocycles. The van der Waals surface area contributed by atoms with Crippen LogP contribution in [0.2, 0.25) is 0 Å². The number of ether oxygens (including phenoxy) is 1. The van der Waals surface area contributed by atoms with Crippen molar-refractivity contribution in [3.05, 3.63) is 30.6 Å². The Bertz CT molecular complexity index is 191. The fourth-order valence-electron chi connectivity index (χ4n) is 0.660. The van der Waals surface area contributed by atoms with Gasteiger partial charge in [-0.1, -0.05) is 6.07 Å². The number of carbonyl (C=O) groups is 1. The van der Waals surface area contributed by atoms with Crippen LogP contribution in [0.1, 0.15) is 0 Å². The molecule has 1 aliphatic heterocycles. The first-order valence-electron chi connectivity index (χ1n) is 3.65. The van der Waals surface area contributed by atoms with Crippen LogP contribution in [0.15, 0.2) is 30.6 Å². The predicted molar refractivity (Wildman–Crippen MR) is 43.6 cm³/mol. The van der Waals surface area contributed by atoms with Gasteiger partial charge in [-0.15, -0.1) is 0 Å². The Morgan fingerprint density at radius 2 is 2.08 bits per heavy atom. The standard InChI is InChI=1S/C5H5N.C3H5NO2/c1-2-4-6-5-3-1;5-3-4-1-2-6-3/h1-5H;1-2H2,(H,4,5). The number of pyridine rings is 1. The highest BCUT2D eigenvalue weighted by molar-refractivity contribution is 5.68. The SMILES string of the molecule is O=C1NCCO1.c1ccncc1. The van der Waals surface area contributed by atoms with Crippen molar-refractivity contribution in [3.63, 3.8) is 0 Å². The summed E-state index contributed by atoms with van der Waals surface area (Å²) in [5.41, 5.74) is 0. The highest BCUT2D eigenvalue weighted by Gasteiger charge is 2.06. The summed E-state index contributed by atoms with van der Waals surface area (Å²) in [7, 11) is 0. The second-order valence-electron chi connectivity index (χ2n) is 2.09. The van der Waals surface area contributed by atoms with Gasteiger partial charge in [-0.25, -0.2) is 4.79 Å². The van der Waals surface area contributed by atoms with Crippen molar-refractivity contribution in [2.45, 2.75) is 0 Å². The lowest BCUT2D eigenvalue weighted by Crippen LogP contribution is -2.11. The van der Waals surface area contributed by atoms with Gasteiger partial charge in [0.1, 0.15) is 6.61 Å². The lowest BCUT2D eigenvalue weighted by molar-refractivity contribution is 0.178. The Hall–Kier alpha value is -1.58. The molecule has 1 fully saturated rings. The fourth-order valence-corrected chi connectivity index (χ4v) is 0.660. The second-order valence-corrected chi connectivity index (χ2v) is 2.09. The molecule has 1 aliphatic rings. The van der Waals surface area contributed by atoms with Gasteiger partial charge in [0.25, 0.3) is 0 Å². The van der Waals surface area contributed by atoms with Gasteiger partial charge in [0, 0.05) is 12.4 Å². The summed E-state index contributed by atoms with van der Waals surface area (Å²) in [6.45, 7) is 1.19. The zero-order valence-corrected chi connectivity index (χ0v) is 6.56. The minimum absolute atomic E-state index is 0.296. The van der Waals surface area contributed by atoms with Crippen molar-refractivity contribution in [1.82, 2.24) is 10.3 Å². The maximum absolute atomic E-state index is 9.91. The second kappa shape index (κ2) is 5.12. The van der Waals surface area contributed by atoms with E-state index in [1.807, 2.05) is 18.2 Å². The summed E-state index contributed by atoms with van der Waals surface area (Å²) in [4.78, 5) is 13.7. The van der Waals surface area contributed by atoms with E-state index < -0.39 is 0 Å². The van der Waals surface area contributed by atoms with E-state index in [1.54, 1.807) is 12.4 Å². The molecule has 1 amide bonds. The molecule has 0 bridgehead atoms. The Morgan fingerprint density at radius 3 is 2.25 bits per heavy atom. The lowest BCUT2D eigenvalue weighted by Gasteiger charge is -1.80. The first kappa shape index (κ1) is 8.52. The monoisotopic (exact) mass is 166 g/mol. The predicted octanol–water partition coefficient (Wildman–Crippen LogP) is 0.808. The minimum atomic E-state index is -0.296. The normalized spacial score (nSPS) is 13.8. The molecule has 0 spiro atoms. The summed E-state index contributed by atoms with van der Waals surface area (Å²) in [6, 6.07) is 5.72. The summed E-state index contributed by atoms with van der Waals surface area (Å²) < 4.78 is 4.40. The van der Waals surface area contributed by atoms with Crippen LogP contribution in [-0.2, 0) is 4.74 Å². The summed E-state index contributed by atoms with van der Waals surface area (Å²) >= 11 is 0. The van der Waals surface area contributed by atoms with Crippen LogP contribution in [0.5, 0.6) is 0 Å². The average molecular weight is 166 g/mol. The van der Waals surface area contributed by atoms with Gasteiger partial charge >= 0.3 is 6.09 Å². The molecule has 0 radical (unpaired) electrons. The highest BCUT2D eigenvalue weighted by atomic mass is 16.6. The Balaban J connectivity index is 0.000000120. The molecule has 1 aromatic heterocycles. The molecule has 0 unspecified atom stereocenters. The number of carbonyl (C=O) groups excluding carboxylic acids is 1. The Kier molecular flexibility index (Phi) is 3.63. The molecule has 2 heterocycles. The van der Waals surface area contributed by atoms with E-state index in [0.29, 0.717) is 13.2 Å². The molecule has 64 valence electrons. The van der Waals surface area contributed by atoms with E-state index in [9.17, 15) is 4.79 Å². The Morgan fingerprint density at radius 1 is 1.33 bits per heavy atom. The van der Waals surface area contributed by atoms with Gasteiger partial charge < -0.3 is 10.1 Å². The maximum Gasteiger partial charge on any atom is 0.407 e. The van der Waals surface area contributed by atoms with Crippen LogP contribution in [0.3, 0.4) is 0 Å². The van der Waals surface area contributed by atoms with E-state index in [4.69, 9.17) is 0 Å². The number of cyclic esters (lactones) is 1. The topological polar surface area (TPSA) is 51.2 Å². The van der Waals surface area contributed by atoms with Gasteiger partial charge in [-0.2, -0.15) is 0 Å². The molecule has 12 heavy (non-hydrogen) atoms. The quantitative estimate of drug-likeness (QED) is 0.620. The summed E-state index contributed by atoms with van der Waals surface area (Å²) in [6.07, 6.45) is 3.20. The number of hydrogen-bond donors (Lipinski definition) is 1. The third kappa shape index (κ3) is 3.55. The van der Waals surface area contributed by atoms with Crippen LogP contribution in [0, 0.1) is 0 Å². The van der Waals surface area contributed by atoms with E-state index in [2.05, 4.69) is 15.0 Å². The fraction of sp³-hybridized carbons (Fsp3) is 0.250. The molecule has 4 heteroatoms. The van der Waals surface area contributed by atoms with E-state index in [0.717, 1.165) is 0 Å². The minimum Gasteiger partial charge on any atom is -0.448 e. The molecule has 1 aromatic rings. The number of hydrogen-bond acceptors (Lipinski definition) is 3. The van der Waals surface area contributed by atoms with Crippen molar-refractivity contribution in [1.29, 1.82) is 0 Å². The molecular weight excluding hydrogens is 156 g/mol. The number of nitrogens with zero attached hydrogens (tertiary/aromatic N) is 1. The van der Waals surface area contributed by atoms with Crippen molar-refractivity contribution < 1.29 is 9.53 Å². The number of alkyl carbamates (subject to hydrolysis) is 1. The van der Waals surface area contributed by atoms with Crippen LogP contribution in [0.4, 0.5) is 4.79 Å². The molecule has 2 rings (SSSR count). The largest absolute Gasteiger partial charge is 0.448 e. The Labute approximate surface area is 70.6 Å². The molecular formula is C8H10N2O2. The molecule has 0 aliphatic carbocycles. The first-order valence-corrected chi connectivity index (χ1v) is 3.65. The number of nitrogens with one attached hydrogen (secondary N) is 1. The lowest BCUT2D eigenvalue weighted by atomic mass is 10.5. The van der Waals surface area contributed by atoms with Gasteiger partial charge in [-0.3, -0.25) is 4.98 Å². The van der Waals surface area contributed by atoms with Gasteiger partial charge in [0.05, 0.1) is 6.54 Å². The van der Waals surface area contributed by atoms with E-state index >= 15 is 0 Å². The van der Waals surface area contributed by atoms with Crippen LogP contribution >= 0.6 is 0 Å². The molecule has 0 saturated carbocycles. The zero-order valence-electron chi connectivity index (χ0n) is 6.56. The van der Waals surface area contributed by atoms with Crippen molar-refractivity contribution >= 4 is 6.09 Å². The van der Waals surface area contributed by atoms with Crippen LogP contribution < -0.4 is 5.32 Å². The molecule has 1 saturated heterocycles. The highest BCUT2D eigenvalue weighted by Crippen LogP contribution is 1.82. The van der Waals surface area contributed by atoms with Gasteiger partial charge in [0.2, 0.25) is 0 Å². The van der Waals surface area contributed by atoms with E-state index in [-0.39, 0.29) is 6.09 Å². The summed E-state index contributed by atoms with van der Waals surface area (Å²) in [5, 5.41) is 2.46. The maximum atomic E-state index is 9.91. The number of aromatic nitrogens is 1. The first-order chi connectivity index (χ1) is 5.89. The summed E-state index contributed by atoms with van der Waals surface area (Å²) in [5.74, 6) is 0. The van der Waals surface area contributed by atoms with Gasteiger partial charge in [0.15, 0.2) is 0 Å². The zero-order chi connectivity index (χ0) is 8.65. The van der Waals surface area contributed by atoms with Crippen LogP contribution in [0.25, 0.3) is 0 Å². The van der Waals surface area contributed by atoms with Crippen molar-refractivity contribution in [2.75, 3.05) is 13.2 Å². The smallest absolute Gasteiger partial charge is 0.407 e. The van der Waals surface area contributed by atoms with Crippen LogP contribution in [-0.4, -0.2) is 24.2 Å².